The summed E-state index contributed by atoms with van der Waals surface area (Å²) < 4.78 is 0. The molecule has 2 rings (SSSR count). The summed E-state index contributed by atoms with van der Waals surface area (Å²) >= 11 is 0. The molecule has 0 aromatic heterocycles. The minimum Gasteiger partial charge on any atom is -0.258 e. The van der Waals surface area contributed by atoms with Crippen LogP contribution >= 0.6 is 0 Å². The van der Waals surface area contributed by atoms with Crippen molar-refractivity contribution in [1.29, 1.82) is 0 Å². The largest absolute Gasteiger partial charge is 0.258 e. The molecule has 0 heterocycles. The Bertz CT molecular complexity index is 373. The van der Waals surface area contributed by atoms with E-state index in [1.807, 2.05) is 0 Å². The number of likely N-dealkylation sites (N-methyl/N-ethyl adjacent to an activating group) is 2. The number of hydrogen-bond acceptors (Lipinski definition) is 4. The molecule has 6 heteroatoms. The minimum absolute atomic E-state index is 0.00998. The van der Waals surface area contributed by atoms with E-state index in [9.17, 15) is 9.81 Å². The van der Waals surface area contributed by atoms with Gasteiger partial charge in [0.2, 0.25) is 0 Å². The van der Waals surface area contributed by atoms with Crippen LogP contribution in [0.5, 0.6) is 0 Å². The summed E-state index contributed by atoms with van der Waals surface area (Å²) in [6.07, 6.45) is 2.15. The third kappa shape index (κ3) is 1.34. The second kappa shape index (κ2) is 3.90. The van der Waals surface area contributed by atoms with Gasteiger partial charge in [0.05, 0.1) is 22.7 Å². The van der Waals surface area contributed by atoms with Gasteiger partial charge in [0.1, 0.15) is 0 Å². The zero-order valence-electron chi connectivity index (χ0n) is 11.8. The first kappa shape index (κ1) is 13.2. The first-order valence-corrected chi connectivity index (χ1v) is 6.43. The lowest BCUT2D eigenvalue weighted by Gasteiger charge is -2.43. The van der Waals surface area contributed by atoms with Gasteiger partial charge in [0.15, 0.2) is 0 Å². The van der Waals surface area contributed by atoms with Crippen LogP contribution in [0.15, 0.2) is 10.6 Å². The maximum Gasteiger partial charge on any atom is 0.0781 e. The standard InChI is InChI=1S/C12H22N4O2/c1-11(2)8-6-7-12(11,3)10(16(5)14-18)9(8)15(4)13-17/h8-10H,6-7H2,1-5H3/t8-,9-,10-,12-/m1/s1. The van der Waals surface area contributed by atoms with Crippen molar-refractivity contribution in [3.8, 4) is 0 Å². The molecule has 2 saturated carbocycles. The molecule has 0 aliphatic heterocycles. The molecule has 2 aliphatic carbocycles. The van der Waals surface area contributed by atoms with Gasteiger partial charge in [-0.05, 0) is 29.6 Å². The molecule has 2 aliphatic rings. The van der Waals surface area contributed by atoms with E-state index in [-0.39, 0.29) is 22.9 Å². The van der Waals surface area contributed by atoms with E-state index < -0.39 is 0 Å². The molecule has 0 spiro atoms. The van der Waals surface area contributed by atoms with Crippen molar-refractivity contribution in [1.82, 2.24) is 10.0 Å². The summed E-state index contributed by atoms with van der Waals surface area (Å²) in [4.78, 5) is 21.8. The molecular formula is C12H22N4O2. The van der Waals surface area contributed by atoms with E-state index in [2.05, 4.69) is 31.3 Å². The van der Waals surface area contributed by atoms with Gasteiger partial charge in [-0.15, -0.1) is 9.81 Å². The Labute approximate surface area is 108 Å². The van der Waals surface area contributed by atoms with E-state index in [0.717, 1.165) is 12.8 Å². The summed E-state index contributed by atoms with van der Waals surface area (Å²) in [5, 5.41) is 9.10. The first-order chi connectivity index (χ1) is 8.31. The smallest absolute Gasteiger partial charge is 0.0781 e. The van der Waals surface area contributed by atoms with Crippen molar-refractivity contribution in [2.45, 2.75) is 45.7 Å². The average molecular weight is 254 g/mol. The second-order valence-electron chi connectivity index (χ2n) is 6.53. The van der Waals surface area contributed by atoms with Gasteiger partial charge in [-0.1, -0.05) is 20.8 Å². The van der Waals surface area contributed by atoms with Crippen molar-refractivity contribution in [2.24, 2.45) is 27.3 Å². The summed E-state index contributed by atoms with van der Waals surface area (Å²) in [6, 6.07) is -0.0783. The molecule has 18 heavy (non-hydrogen) atoms. The predicted octanol–water partition coefficient (Wildman–Crippen LogP) is 2.41. The van der Waals surface area contributed by atoms with Gasteiger partial charge in [-0.3, -0.25) is 10.0 Å². The van der Waals surface area contributed by atoms with Crippen LogP contribution in [0.4, 0.5) is 0 Å². The minimum atomic E-state index is -0.0496. The fourth-order valence-electron chi connectivity index (χ4n) is 4.49. The molecule has 0 aromatic rings. The normalized spacial score (nSPS) is 40.6. The van der Waals surface area contributed by atoms with Crippen LogP contribution in [0, 0.1) is 26.6 Å². The molecule has 0 amide bonds. The fourth-order valence-corrected chi connectivity index (χ4v) is 4.49. The number of fused-ring (bicyclic) bond motifs is 2. The SMILES string of the molecule is CN(N=O)[C@@H]1[C@H]2CC[C@](C)([C@@H]1N(C)N=O)C2(C)C. The van der Waals surface area contributed by atoms with Crippen molar-refractivity contribution in [3.63, 3.8) is 0 Å². The highest BCUT2D eigenvalue weighted by Crippen LogP contribution is 2.67. The van der Waals surface area contributed by atoms with E-state index in [4.69, 9.17) is 0 Å². The predicted molar refractivity (Wildman–Crippen MR) is 69.3 cm³/mol. The number of rotatable bonds is 4. The van der Waals surface area contributed by atoms with Crippen LogP contribution in [-0.2, 0) is 0 Å². The highest BCUT2D eigenvalue weighted by molar-refractivity contribution is 5.19. The van der Waals surface area contributed by atoms with Crippen molar-refractivity contribution in [3.05, 3.63) is 9.81 Å². The summed E-state index contributed by atoms with van der Waals surface area (Å²) in [5.74, 6) is 0.374. The lowest BCUT2D eigenvalue weighted by atomic mass is 9.69. The van der Waals surface area contributed by atoms with Crippen LogP contribution in [-0.4, -0.2) is 36.2 Å². The molecule has 0 unspecified atom stereocenters. The molecule has 0 saturated heterocycles. The molecule has 0 radical (unpaired) electrons. The van der Waals surface area contributed by atoms with Gasteiger partial charge < -0.3 is 0 Å². The Hall–Kier alpha value is -1.20. The maximum atomic E-state index is 10.9. The van der Waals surface area contributed by atoms with Crippen molar-refractivity contribution in [2.75, 3.05) is 14.1 Å². The third-order valence-electron chi connectivity index (χ3n) is 5.85. The number of hydrogen-bond donors (Lipinski definition) is 0. The number of nitroso groups, excluding NO2 is 2. The van der Waals surface area contributed by atoms with Crippen LogP contribution in [0.1, 0.15) is 33.6 Å². The molecule has 6 nitrogen and oxygen atoms in total. The monoisotopic (exact) mass is 254 g/mol. The van der Waals surface area contributed by atoms with Crippen LogP contribution < -0.4 is 0 Å². The maximum absolute atomic E-state index is 10.9. The summed E-state index contributed by atoms with van der Waals surface area (Å²) in [6.45, 7) is 6.67. The van der Waals surface area contributed by atoms with E-state index in [1.165, 1.54) is 10.0 Å². The Balaban J connectivity index is 2.47. The first-order valence-electron chi connectivity index (χ1n) is 6.43. The quantitative estimate of drug-likeness (QED) is 0.571. The highest BCUT2D eigenvalue weighted by atomic mass is 16.3. The van der Waals surface area contributed by atoms with Gasteiger partial charge in [-0.2, -0.15) is 0 Å². The fraction of sp³-hybridized carbons (Fsp3) is 1.00. The molecule has 2 bridgehead atoms. The molecule has 2 fully saturated rings. The summed E-state index contributed by atoms with van der Waals surface area (Å²) in [7, 11) is 3.40. The van der Waals surface area contributed by atoms with Gasteiger partial charge in [-0.25, -0.2) is 0 Å². The van der Waals surface area contributed by atoms with E-state index in [0.29, 0.717) is 5.92 Å². The second-order valence-corrected chi connectivity index (χ2v) is 6.53. The zero-order valence-corrected chi connectivity index (χ0v) is 11.8. The molecule has 4 atom stereocenters. The Morgan fingerprint density at radius 1 is 1.06 bits per heavy atom. The Kier molecular flexibility index (Phi) is 2.87. The topological polar surface area (TPSA) is 65.3 Å². The molecule has 102 valence electrons. The Morgan fingerprint density at radius 2 is 1.61 bits per heavy atom. The highest BCUT2D eigenvalue weighted by Gasteiger charge is 2.68. The van der Waals surface area contributed by atoms with E-state index in [1.54, 1.807) is 14.1 Å². The van der Waals surface area contributed by atoms with Crippen LogP contribution in [0.25, 0.3) is 0 Å². The summed E-state index contributed by atoms with van der Waals surface area (Å²) in [5.41, 5.74) is 0.0736. The van der Waals surface area contributed by atoms with Gasteiger partial charge >= 0.3 is 0 Å². The van der Waals surface area contributed by atoms with Crippen molar-refractivity contribution < 1.29 is 0 Å². The lowest BCUT2D eigenvalue weighted by molar-refractivity contribution is 0.0243. The molecule has 0 aromatic carbocycles. The van der Waals surface area contributed by atoms with E-state index >= 15 is 0 Å². The third-order valence-corrected chi connectivity index (χ3v) is 5.85. The molecular weight excluding hydrogens is 232 g/mol. The van der Waals surface area contributed by atoms with Crippen LogP contribution in [0.3, 0.4) is 0 Å². The molecule has 0 N–H and O–H groups in total. The van der Waals surface area contributed by atoms with Crippen molar-refractivity contribution >= 4 is 0 Å². The van der Waals surface area contributed by atoms with Gasteiger partial charge in [0, 0.05) is 14.1 Å². The number of nitrogens with zero attached hydrogens (tertiary/aromatic N) is 4. The van der Waals surface area contributed by atoms with Crippen LogP contribution in [0.2, 0.25) is 0 Å². The van der Waals surface area contributed by atoms with Gasteiger partial charge in [0.25, 0.3) is 0 Å². The average Bonchev–Trinajstić information content (AvgIpc) is 2.67. The Morgan fingerprint density at radius 3 is 2.11 bits per heavy atom. The zero-order chi connectivity index (χ0) is 13.7. The lowest BCUT2D eigenvalue weighted by Crippen LogP contribution is -2.52.